The molecule has 1 atom stereocenters. The number of ether oxygens (including phenoxy) is 1. The molecular formula is C16H24ClN3O4S. The van der Waals surface area contributed by atoms with Gasteiger partial charge in [0.05, 0.1) is 18.1 Å². The zero-order chi connectivity index (χ0) is 17.2. The van der Waals surface area contributed by atoms with Crippen LogP contribution in [0, 0.1) is 0 Å². The molecule has 0 bridgehead atoms. The molecule has 9 heteroatoms. The quantitative estimate of drug-likeness (QED) is 0.817. The molecule has 1 amide bonds. The Hall–Kier alpha value is -1.19. The van der Waals surface area contributed by atoms with Crippen LogP contribution in [0.15, 0.2) is 29.2 Å². The van der Waals surface area contributed by atoms with Crippen molar-refractivity contribution in [3.8, 4) is 0 Å². The van der Waals surface area contributed by atoms with E-state index >= 15 is 0 Å². The number of hydrogen-bond acceptors (Lipinski definition) is 5. The average molecular weight is 390 g/mol. The van der Waals surface area contributed by atoms with Gasteiger partial charge in [-0.25, -0.2) is 8.42 Å². The van der Waals surface area contributed by atoms with Gasteiger partial charge in [0.15, 0.2) is 0 Å². The summed E-state index contributed by atoms with van der Waals surface area (Å²) in [7, 11) is -3.51. The molecule has 1 N–H and O–H groups in total. The first-order valence-corrected chi connectivity index (χ1v) is 9.63. The van der Waals surface area contributed by atoms with E-state index in [-0.39, 0.29) is 29.3 Å². The number of sulfonamides is 1. The summed E-state index contributed by atoms with van der Waals surface area (Å²) in [4.78, 5) is 14.4. The fourth-order valence-corrected chi connectivity index (χ4v) is 4.51. The highest BCUT2D eigenvalue weighted by molar-refractivity contribution is 7.89. The van der Waals surface area contributed by atoms with Gasteiger partial charge in [0, 0.05) is 44.3 Å². The van der Waals surface area contributed by atoms with Crippen LogP contribution >= 0.6 is 12.4 Å². The predicted molar refractivity (Wildman–Crippen MR) is 96.6 cm³/mol. The van der Waals surface area contributed by atoms with E-state index in [1.807, 2.05) is 6.92 Å². The van der Waals surface area contributed by atoms with Crippen molar-refractivity contribution in [2.24, 2.45) is 0 Å². The van der Waals surface area contributed by atoms with E-state index in [4.69, 9.17) is 4.74 Å². The Morgan fingerprint density at radius 2 is 1.80 bits per heavy atom. The van der Waals surface area contributed by atoms with Crippen LogP contribution < -0.4 is 5.32 Å². The summed E-state index contributed by atoms with van der Waals surface area (Å²) >= 11 is 0. The van der Waals surface area contributed by atoms with Crippen LogP contribution in [0.4, 0.5) is 0 Å². The molecule has 1 aromatic rings. The molecule has 2 aliphatic heterocycles. The highest BCUT2D eigenvalue weighted by Crippen LogP contribution is 2.19. The third-order valence-electron chi connectivity index (χ3n) is 4.37. The van der Waals surface area contributed by atoms with Crippen molar-refractivity contribution in [1.82, 2.24) is 14.5 Å². The van der Waals surface area contributed by atoms with Gasteiger partial charge in [0.1, 0.15) is 0 Å². The summed E-state index contributed by atoms with van der Waals surface area (Å²) in [6, 6.07) is 6.37. The number of rotatable bonds is 3. The molecule has 3 rings (SSSR count). The summed E-state index contributed by atoms with van der Waals surface area (Å²) in [5.74, 6) is -0.0851. The lowest BCUT2D eigenvalue weighted by Crippen LogP contribution is -2.51. The van der Waals surface area contributed by atoms with E-state index in [0.717, 1.165) is 0 Å². The number of amides is 1. The van der Waals surface area contributed by atoms with Crippen molar-refractivity contribution in [2.75, 3.05) is 45.9 Å². The minimum atomic E-state index is -3.51. The number of benzene rings is 1. The van der Waals surface area contributed by atoms with Gasteiger partial charge in [-0.05, 0) is 31.2 Å². The standard InChI is InChI=1S/C16H23N3O4S.ClH/c1-13-12-19(7-6-17-13)24(21,22)15-4-2-14(3-5-15)16(20)18-8-10-23-11-9-18;/h2-5,13,17H,6-12H2,1H3;1H. The van der Waals surface area contributed by atoms with Crippen LogP contribution in [0.5, 0.6) is 0 Å². The largest absolute Gasteiger partial charge is 0.378 e. The van der Waals surface area contributed by atoms with Crippen molar-refractivity contribution < 1.29 is 17.9 Å². The van der Waals surface area contributed by atoms with Crippen LogP contribution in [0.2, 0.25) is 0 Å². The molecule has 7 nitrogen and oxygen atoms in total. The number of hydrogen-bond donors (Lipinski definition) is 1. The number of halogens is 1. The number of carbonyl (C=O) groups is 1. The predicted octanol–water partition coefficient (Wildman–Crippen LogP) is 0.563. The van der Waals surface area contributed by atoms with Gasteiger partial charge in [-0.1, -0.05) is 0 Å². The Morgan fingerprint density at radius 1 is 1.16 bits per heavy atom. The summed E-state index contributed by atoms with van der Waals surface area (Å²) < 4.78 is 32.1. The summed E-state index contributed by atoms with van der Waals surface area (Å²) in [6.07, 6.45) is 0. The third-order valence-corrected chi connectivity index (χ3v) is 6.25. The first-order chi connectivity index (χ1) is 11.5. The van der Waals surface area contributed by atoms with E-state index in [2.05, 4.69) is 5.32 Å². The number of carbonyl (C=O) groups excluding carboxylic acids is 1. The van der Waals surface area contributed by atoms with Crippen LogP contribution in [0.3, 0.4) is 0 Å². The monoisotopic (exact) mass is 389 g/mol. The van der Waals surface area contributed by atoms with Gasteiger partial charge in [0.25, 0.3) is 5.91 Å². The molecular weight excluding hydrogens is 366 g/mol. The minimum Gasteiger partial charge on any atom is -0.378 e. The Kier molecular flexibility index (Phi) is 6.81. The van der Waals surface area contributed by atoms with E-state index in [1.54, 1.807) is 17.0 Å². The van der Waals surface area contributed by atoms with Crippen LogP contribution in [0.25, 0.3) is 0 Å². The Morgan fingerprint density at radius 3 is 2.40 bits per heavy atom. The second-order valence-corrected chi connectivity index (χ2v) is 8.09. The number of morpholine rings is 1. The van der Waals surface area contributed by atoms with Gasteiger partial charge in [-0.2, -0.15) is 4.31 Å². The van der Waals surface area contributed by atoms with Crippen molar-refractivity contribution in [2.45, 2.75) is 17.9 Å². The van der Waals surface area contributed by atoms with Crippen LogP contribution in [-0.2, 0) is 14.8 Å². The Labute approximate surface area is 154 Å². The molecule has 2 fully saturated rings. The normalized spacial score (nSPS) is 22.3. The van der Waals surface area contributed by atoms with Gasteiger partial charge >= 0.3 is 0 Å². The first kappa shape index (κ1) is 20.1. The molecule has 0 aromatic heterocycles. The molecule has 1 aromatic carbocycles. The molecule has 2 saturated heterocycles. The summed E-state index contributed by atoms with van der Waals surface area (Å²) in [5.41, 5.74) is 0.504. The smallest absolute Gasteiger partial charge is 0.254 e. The molecule has 0 spiro atoms. The maximum Gasteiger partial charge on any atom is 0.254 e. The highest BCUT2D eigenvalue weighted by Gasteiger charge is 2.28. The number of piperazine rings is 1. The third kappa shape index (κ3) is 4.51. The first-order valence-electron chi connectivity index (χ1n) is 8.19. The second kappa shape index (κ2) is 8.46. The highest BCUT2D eigenvalue weighted by atomic mass is 35.5. The van der Waals surface area contributed by atoms with Crippen molar-refractivity contribution >= 4 is 28.3 Å². The molecule has 2 heterocycles. The second-order valence-electron chi connectivity index (χ2n) is 6.15. The fourth-order valence-electron chi connectivity index (χ4n) is 2.98. The van der Waals surface area contributed by atoms with Crippen molar-refractivity contribution in [3.63, 3.8) is 0 Å². The molecule has 140 valence electrons. The Bertz CT molecular complexity index is 690. The SMILES string of the molecule is CC1CN(S(=O)(=O)c2ccc(C(=O)N3CCOCC3)cc2)CCN1.Cl. The van der Waals surface area contributed by atoms with E-state index in [1.165, 1.54) is 16.4 Å². The molecule has 25 heavy (non-hydrogen) atoms. The molecule has 0 saturated carbocycles. The molecule has 1 unspecified atom stereocenters. The van der Waals surface area contributed by atoms with Crippen molar-refractivity contribution in [1.29, 1.82) is 0 Å². The summed E-state index contributed by atoms with van der Waals surface area (Å²) in [6.45, 7) is 5.74. The van der Waals surface area contributed by atoms with Gasteiger partial charge in [-0.3, -0.25) is 4.79 Å². The summed E-state index contributed by atoms with van der Waals surface area (Å²) in [5, 5.41) is 3.23. The van der Waals surface area contributed by atoms with Gasteiger partial charge in [0.2, 0.25) is 10.0 Å². The van der Waals surface area contributed by atoms with E-state index in [9.17, 15) is 13.2 Å². The molecule has 0 radical (unpaired) electrons. The maximum atomic E-state index is 12.7. The maximum absolute atomic E-state index is 12.7. The Balaban J connectivity index is 0.00000225. The van der Waals surface area contributed by atoms with Gasteiger partial charge in [-0.15, -0.1) is 12.4 Å². The van der Waals surface area contributed by atoms with E-state index < -0.39 is 10.0 Å². The number of nitrogens with one attached hydrogen (secondary N) is 1. The fraction of sp³-hybridized carbons (Fsp3) is 0.562. The lowest BCUT2D eigenvalue weighted by molar-refractivity contribution is 0.0303. The number of nitrogens with zero attached hydrogens (tertiary/aromatic N) is 2. The zero-order valence-corrected chi connectivity index (χ0v) is 15.8. The molecule has 0 aliphatic carbocycles. The van der Waals surface area contributed by atoms with Gasteiger partial charge < -0.3 is 15.0 Å². The lowest BCUT2D eigenvalue weighted by Gasteiger charge is -2.31. The average Bonchev–Trinajstić information content (AvgIpc) is 2.62. The van der Waals surface area contributed by atoms with E-state index in [0.29, 0.717) is 51.5 Å². The minimum absolute atomic E-state index is 0. The van der Waals surface area contributed by atoms with Crippen LogP contribution in [-0.4, -0.2) is 75.5 Å². The zero-order valence-electron chi connectivity index (χ0n) is 14.2. The van der Waals surface area contributed by atoms with Crippen LogP contribution in [0.1, 0.15) is 17.3 Å². The molecule has 2 aliphatic rings. The topological polar surface area (TPSA) is 79.0 Å². The van der Waals surface area contributed by atoms with Crippen molar-refractivity contribution in [3.05, 3.63) is 29.8 Å². The lowest BCUT2D eigenvalue weighted by atomic mass is 10.2.